The van der Waals surface area contributed by atoms with Gasteiger partial charge in [-0.05, 0) is 43.2 Å². The number of fused-ring (bicyclic) bond motifs is 1. The lowest BCUT2D eigenvalue weighted by Crippen LogP contribution is -2.35. The summed E-state index contributed by atoms with van der Waals surface area (Å²) in [6.45, 7) is 5.17. The summed E-state index contributed by atoms with van der Waals surface area (Å²) in [7, 11) is -3.07. The van der Waals surface area contributed by atoms with Gasteiger partial charge in [0, 0.05) is 5.92 Å². The standard InChI is InChI=1S/C22H26FN6O7P/c1-11-15(17(30)8-16(11)29-10-25-18-19(29)26-22(24)27-20(18)31)9-35-37(33,28-12(2)21(32)34-3)36-14-6-4-13(23)5-7-14/h4-7,10,12,15-17,30H,1,8-9H2,2-3H3,(H,28,33)(H3,24,26,27,31)/t12-,15-,16-,17-,37-/m0/s1. The largest absolute Gasteiger partial charge is 0.468 e. The third-order valence-corrected chi connectivity index (χ3v) is 7.63. The maximum Gasteiger partial charge on any atom is 0.459 e. The number of nitrogens with one attached hydrogen (secondary N) is 2. The van der Waals surface area contributed by atoms with Crippen molar-refractivity contribution in [3.8, 4) is 5.75 Å². The van der Waals surface area contributed by atoms with Gasteiger partial charge in [-0.25, -0.2) is 13.9 Å². The maximum atomic E-state index is 13.6. The van der Waals surface area contributed by atoms with Crippen molar-refractivity contribution in [2.24, 2.45) is 5.92 Å². The minimum Gasteiger partial charge on any atom is -0.468 e. The molecule has 0 unspecified atom stereocenters. The molecule has 37 heavy (non-hydrogen) atoms. The Morgan fingerprint density at radius 1 is 1.43 bits per heavy atom. The Bertz CT molecular complexity index is 1430. The molecular formula is C22H26FN6O7P. The lowest BCUT2D eigenvalue weighted by Gasteiger charge is -2.25. The molecule has 0 amide bonds. The van der Waals surface area contributed by atoms with Crippen LogP contribution >= 0.6 is 7.75 Å². The number of aromatic amines is 1. The molecule has 13 nitrogen and oxygen atoms in total. The Labute approximate surface area is 210 Å². The summed E-state index contributed by atoms with van der Waals surface area (Å²) in [6, 6.07) is 3.13. The maximum absolute atomic E-state index is 13.6. The second-order valence-corrected chi connectivity index (χ2v) is 10.2. The molecule has 0 saturated heterocycles. The number of nitrogen functional groups attached to an aromatic ring is 1. The van der Waals surface area contributed by atoms with Gasteiger partial charge in [0.2, 0.25) is 5.95 Å². The Morgan fingerprint density at radius 2 is 2.14 bits per heavy atom. The number of hydrogen-bond donors (Lipinski definition) is 4. The molecule has 1 aliphatic carbocycles. The normalized spacial score (nSPS) is 22.1. The fraction of sp³-hybridized carbons (Fsp3) is 0.364. The smallest absolute Gasteiger partial charge is 0.459 e. The zero-order valence-electron chi connectivity index (χ0n) is 20.0. The lowest BCUT2D eigenvalue weighted by atomic mass is 10.0. The van der Waals surface area contributed by atoms with Gasteiger partial charge in [0.05, 0.1) is 32.2 Å². The molecule has 1 saturated carbocycles. The number of esters is 1. The number of rotatable bonds is 9. The van der Waals surface area contributed by atoms with Gasteiger partial charge in [-0.15, -0.1) is 0 Å². The van der Waals surface area contributed by atoms with Crippen molar-refractivity contribution in [1.29, 1.82) is 0 Å². The van der Waals surface area contributed by atoms with Crippen molar-refractivity contribution in [2.45, 2.75) is 31.5 Å². The third kappa shape index (κ3) is 5.57. The van der Waals surface area contributed by atoms with Gasteiger partial charge < -0.3 is 24.7 Å². The molecule has 3 aromatic rings. The van der Waals surface area contributed by atoms with E-state index in [1.54, 1.807) is 4.57 Å². The third-order valence-electron chi connectivity index (χ3n) is 5.99. The molecule has 5 N–H and O–H groups in total. The van der Waals surface area contributed by atoms with E-state index in [1.807, 2.05) is 0 Å². The Hall–Kier alpha value is -3.58. The number of aliphatic hydroxyl groups excluding tert-OH is 1. The molecule has 198 valence electrons. The summed E-state index contributed by atoms with van der Waals surface area (Å²) in [5, 5.41) is 13.3. The summed E-state index contributed by atoms with van der Waals surface area (Å²) in [4.78, 5) is 34.6. The topological polar surface area (TPSA) is 184 Å². The minimum absolute atomic E-state index is 0.0248. The van der Waals surface area contributed by atoms with Crippen molar-refractivity contribution in [1.82, 2.24) is 24.6 Å². The van der Waals surface area contributed by atoms with E-state index in [1.165, 1.54) is 32.5 Å². The molecule has 0 spiro atoms. The van der Waals surface area contributed by atoms with E-state index in [-0.39, 0.29) is 35.9 Å². The molecule has 0 bridgehead atoms. The summed E-state index contributed by atoms with van der Waals surface area (Å²) in [6.07, 6.45) is 0.619. The highest BCUT2D eigenvalue weighted by atomic mass is 31.2. The van der Waals surface area contributed by atoms with Crippen molar-refractivity contribution in [2.75, 3.05) is 19.5 Å². The van der Waals surface area contributed by atoms with Gasteiger partial charge in [0.1, 0.15) is 17.6 Å². The molecule has 1 aliphatic rings. The first-order chi connectivity index (χ1) is 17.5. The molecule has 15 heteroatoms. The Kier molecular flexibility index (Phi) is 7.46. The SMILES string of the molecule is C=C1[C@H](CO[P@@](=O)(N[C@@H](C)C(=O)OC)Oc2ccc(F)cc2)[C@@H](O)C[C@@H]1n1cnc2c(=O)[nH]c(N)nc21. The second-order valence-electron chi connectivity index (χ2n) is 8.49. The first-order valence-electron chi connectivity index (χ1n) is 11.2. The van der Waals surface area contributed by atoms with Gasteiger partial charge in [-0.1, -0.05) is 6.58 Å². The highest BCUT2D eigenvalue weighted by Crippen LogP contribution is 2.48. The number of anilines is 1. The quantitative estimate of drug-likeness (QED) is 0.177. The average Bonchev–Trinajstić information content (AvgIpc) is 3.38. The van der Waals surface area contributed by atoms with Crippen molar-refractivity contribution < 1.29 is 32.6 Å². The number of aliphatic hydroxyl groups is 1. The zero-order valence-corrected chi connectivity index (χ0v) is 20.9. The summed E-state index contributed by atoms with van der Waals surface area (Å²) in [5.74, 6) is -2.02. The fourth-order valence-electron chi connectivity index (χ4n) is 4.09. The number of nitrogens with two attached hydrogens (primary N) is 1. The highest BCUT2D eigenvalue weighted by Gasteiger charge is 2.41. The van der Waals surface area contributed by atoms with Crippen LogP contribution in [-0.2, 0) is 18.6 Å². The summed E-state index contributed by atoms with van der Waals surface area (Å²) < 4.78 is 44.3. The van der Waals surface area contributed by atoms with Gasteiger partial charge in [-0.3, -0.25) is 19.1 Å². The minimum atomic E-state index is -4.24. The Morgan fingerprint density at radius 3 is 2.81 bits per heavy atom. The molecule has 2 aromatic heterocycles. The van der Waals surface area contributed by atoms with Crippen LogP contribution in [0.4, 0.5) is 10.3 Å². The fourth-order valence-corrected chi connectivity index (χ4v) is 5.61. The first kappa shape index (κ1) is 26.5. The van der Waals surface area contributed by atoms with E-state index in [0.717, 1.165) is 12.1 Å². The van der Waals surface area contributed by atoms with E-state index in [0.29, 0.717) is 5.57 Å². The van der Waals surface area contributed by atoms with E-state index in [2.05, 4.69) is 31.4 Å². The van der Waals surface area contributed by atoms with E-state index in [4.69, 9.17) is 14.8 Å². The zero-order chi connectivity index (χ0) is 26.9. The number of H-pyrrole nitrogens is 1. The van der Waals surface area contributed by atoms with Crippen LogP contribution < -0.4 is 20.9 Å². The number of nitrogens with zero attached hydrogens (tertiary/aromatic N) is 3. The predicted octanol–water partition coefficient (Wildman–Crippen LogP) is 1.67. The molecular weight excluding hydrogens is 510 g/mol. The molecule has 4 rings (SSSR count). The van der Waals surface area contributed by atoms with Crippen molar-refractivity contribution >= 4 is 30.8 Å². The van der Waals surface area contributed by atoms with Crippen LogP contribution in [0.1, 0.15) is 19.4 Å². The number of carbonyl (C=O) groups excluding carboxylic acids is 1. The highest BCUT2D eigenvalue weighted by molar-refractivity contribution is 7.52. The lowest BCUT2D eigenvalue weighted by molar-refractivity contribution is -0.142. The number of imidazole rings is 1. The first-order valence-corrected chi connectivity index (χ1v) is 12.7. The van der Waals surface area contributed by atoms with Gasteiger partial charge in [0.15, 0.2) is 11.2 Å². The van der Waals surface area contributed by atoms with E-state index in [9.17, 15) is 23.7 Å². The van der Waals surface area contributed by atoms with Crippen molar-refractivity contribution in [3.63, 3.8) is 0 Å². The number of ether oxygens (including phenoxy) is 1. The Balaban J connectivity index is 1.55. The van der Waals surface area contributed by atoms with Crippen LogP contribution in [-0.4, -0.2) is 56.5 Å². The van der Waals surface area contributed by atoms with E-state index >= 15 is 0 Å². The molecule has 5 atom stereocenters. The monoisotopic (exact) mass is 536 g/mol. The van der Waals surface area contributed by atoms with Crippen LogP contribution in [0.5, 0.6) is 5.75 Å². The summed E-state index contributed by atoms with van der Waals surface area (Å²) in [5.41, 5.74) is 5.97. The number of methoxy groups -OCH3 is 1. The predicted molar refractivity (Wildman–Crippen MR) is 130 cm³/mol. The molecule has 1 fully saturated rings. The van der Waals surface area contributed by atoms with Gasteiger partial charge in [0.25, 0.3) is 5.56 Å². The van der Waals surface area contributed by atoms with Crippen LogP contribution in [0, 0.1) is 11.7 Å². The number of halogens is 1. The number of aromatic nitrogens is 4. The van der Waals surface area contributed by atoms with Crippen LogP contribution in [0.25, 0.3) is 11.2 Å². The molecule has 2 heterocycles. The van der Waals surface area contributed by atoms with Crippen LogP contribution in [0.2, 0.25) is 0 Å². The summed E-state index contributed by atoms with van der Waals surface area (Å²) >= 11 is 0. The number of carbonyl (C=O) groups is 1. The number of hydrogen-bond acceptors (Lipinski definition) is 10. The second kappa shape index (κ2) is 10.4. The van der Waals surface area contributed by atoms with Crippen LogP contribution in [0.3, 0.4) is 0 Å². The number of benzene rings is 1. The molecule has 0 aliphatic heterocycles. The van der Waals surface area contributed by atoms with Gasteiger partial charge in [-0.2, -0.15) is 10.1 Å². The van der Waals surface area contributed by atoms with E-state index < -0.39 is 49.2 Å². The van der Waals surface area contributed by atoms with Gasteiger partial charge >= 0.3 is 13.7 Å². The molecule has 0 radical (unpaired) electrons. The van der Waals surface area contributed by atoms with Crippen molar-refractivity contribution in [3.05, 3.63) is 58.9 Å². The van der Waals surface area contributed by atoms with Crippen LogP contribution in [0.15, 0.2) is 47.5 Å². The molecule has 1 aromatic carbocycles. The average molecular weight is 536 g/mol.